The Kier molecular flexibility index (Phi) is 6.22. The number of hydrogen-bond donors (Lipinski definition) is 1. The first kappa shape index (κ1) is 16.2. The van der Waals surface area contributed by atoms with Gasteiger partial charge in [-0.2, -0.15) is 0 Å². The lowest BCUT2D eigenvalue weighted by atomic mass is 10.1. The van der Waals surface area contributed by atoms with Gasteiger partial charge in [0, 0.05) is 19.3 Å². The molecule has 0 saturated heterocycles. The third kappa shape index (κ3) is 4.68. The number of amides is 2. The minimum absolute atomic E-state index is 0.103. The number of unbranched alkanes of at least 4 members (excludes halogenated alkanes) is 1. The highest BCUT2D eigenvalue weighted by Crippen LogP contribution is 2.19. The fraction of sp³-hybridized carbons (Fsp3) is 0.500. The van der Waals surface area contributed by atoms with Crippen molar-refractivity contribution in [2.24, 2.45) is 0 Å². The van der Waals surface area contributed by atoms with E-state index in [9.17, 15) is 9.59 Å². The molecule has 1 rings (SSSR count). The summed E-state index contributed by atoms with van der Waals surface area (Å²) in [5.74, 6) is -0.391. The van der Waals surface area contributed by atoms with Crippen molar-refractivity contribution >= 4 is 17.5 Å². The van der Waals surface area contributed by atoms with Gasteiger partial charge in [-0.25, -0.2) is 0 Å². The van der Waals surface area contributed by atoms with Gasteiger partial charge in [-0.1, -0.05) is 31.5 Å². The molecule has 0 aliphatic heterocycles. The van der Waals surface area contributed by atoms with Crippen LogP contribution in [0.2, 0.25) is 0 Å². The molecule has 0 aliphatic carbocycles. The molecule has 1 aromatic rings. The zero-order valence-corrected chi connectivity index (χ0v) is 12.8. The molecule has 0 aliphatic rings. The maximum atomic E-state index is 11.9. The summed E-state index contributed by atoms with van der Waals surface area (Å²) in [5, 5.41) is 2.83. The minimum Gasteiger partial charge on any atom is -0.345 e. The van der Waals surface area contributed by atoms with E-state index in [-0.39, 0.29) is 18.2 Å². The Morgan fingerprint density at radius 3 is 2.35 bits per heavy atom. The standard InChI is InChI=1S/C16H24N2O2/c1-5-6-10-18(4)15(20)11-14(19)17-16-12(2)8-7-9-13(16)3/h7-9H,5-6,10-11H2,1-4H3,(H,17,19). The van der Waals surface area contributed by atoms with Crippen molar-refractivity contribution in [1.29, 1.82) is 0 Å². The van der Waals surface area contributed by atoms with Gasteiger partial charge in [-0.05, 0) is 31.4 Å². The number of anilines is 1. The van der Waals surface area contributed by atoms with E-state index in [1.807, 2.05) is 32.0 Å². The van der Waals surface area contributed by atoms with E-state index >= 15 is 0 Å². The second-order valence-electron chi connectivity index (χ2n) is 5.16. The number of nitrogens with one attached hydrogen (secondary N) is 1. The molecule has 20 heavy (non-hydrogen) atoms. The summed E-state index contributed by atoms with van der Waals surface area (Å²) in [4.78, 5) is 25.5. The van der Waals surface area contributed by atoms with Gasteiger partial charge in [-0.3, -0.25) is 9.59 Å². The Morgan fingerprint density at radius 2 is 1.80 bits per heavy atom. The Labute approximate surface area is 121 Å². The van der Waals surface area contributed by atoms with Gasteiger partial charge < -0.3 is 10.2 Å². The first-order chi connectivity index (χ1) is 9.45. The molecule has 4 nitrogen and oxygen atoms in total. The van der Waals surface area contributed by atoms with Crippen molar-refractivity contribution < 1.29 is 9.59 Å². The summed E-state index contributed by atoms with van der Waals surface area (Å²) in [6.45, 7) is 6.66. The molecule has 2 amide bonds. The van der Waals surface area contributed by atoms with Gasteiger partial charge in [0.15, 0.2) is 0 Å². The Morgan fingerprint density at radius 1 is 1.20 bits per heavy atom. The van der Waals surface area contributed by atoms with Crippen molar-refractivity contribution in [1.82, 2.24) is 4.90 Å². The Bertz CT molecular complexity index is 463. The summed E-state index contributed by atoms with van der Waals surface area (Å²) >= 11 is 0. The van der Waals surface area contributed by atoms with Crippen LogP contribution < -0.4 is 5.32 Å². The quantitative estimate of drug-likeness (QED) is 0.812. The van der Waals surface area contributed by atoms with E-state index < -0.39 is 0 Å². The Hall–Kier alpha value is -1.84. The molecule has 0 unspecified atom stereocenters. The van der Waals surface area contributed by atoms with E-state index in [1.165, 1.54) is 0 Å². The average molecular weight is 276 g/mol. The number of carbonyl (C=O) groups is 2. The van der Waals surface area contributed by atoms with Crippen LogP contribution in [0.15, 0.2) is 18.2 Å². The van der Waals surface area contributed by atoms with Crippen molar-refractivity contribution in [3.05, 3.63) is 29.3 Å². The van der Waals surface area contributed by atoms with Crippen LogP contribution in [-0.4, -0.2) is 30.3 Å². The molecule has 110 valence electrons. The number of benzene rings is 1. The van der Waals surface area contributed by atoms with Crippen LogP contribution in [0.3, 0.4) is 0 Å². The van der Waals surface area contributed by atoms with Crippen LogP contribution in [0.25, 0.3) is 0 Å². The third-order valence-electron chi connectivity index (χ3n) is 3.33. The molecule has 0 bridgehead atoms. The molecule has 0 saturated carbocycles. The van der Waals surface area contributed by atoms with Crippen LogP contribution in [-0.2, 0) is 9.59 Å². The molecule has 0 fully saturated rings. The molecule has 0 spiro atoms. The second-order valence-corrected chi connectivity index (χ2v) is 5.16. The highest BCUT2D eigenvalue weighted by atomic mass is 16.2. The first-order valence-electron chi connectivity index (χ1n) is 7.05. The number of rotatable bonds is 6. The molecule has 0 atom stereocenters. The summed E-state index contributed by atoms with van der Waals surface area (Å²) in [7, 11) is 1.74. The fourth-order valence-electron chi connectivity index (χ4n) is 1.99. The lowest BCUT2D eigenvalue weighted by Gasteiger charge is -2.17. The highest BCUT2D eigenvalue weighted by molar-refractivity contribution is 6.04. The zero-order valence-electron chi connectivity index (χ0n) is 12.8. The van der Waals surface area contributed by atoms with Crippen LogP contribution in [0.1, 0.15) is 37.3 Å². The number of carbonyl (C=O) groups excluding carboxylic acids is 2. The molecule has 0 heterocycles. The normalized spacial score (nSPS) is 10.2. The van der Waals surface area contributed by atoms with E-state index in [1.54, 1.807) is 11.9 Å². The van der Waals surface area contributed by atoms with Gasteiger partial charge >= 0.3 is 0 Å². The maximum Gasteiger partial charge on any atom is 0.233 e. The molecular weight excluding hydrogens is 252 g/mol. The smallest absolute Gasteiger partial charge is 0.233 e. The SMILES string of the molecule is CCCCN(C)C(=O)CC(=O)Nc1c(C)cccc1C. The third-order valence-corrected chi connectivity index (χ3v) is 3.33. The number of aryl methyl sites for hydroxylation is 2. The van der Waals surface area contributed by atoms with E-state index in [4.69, 9.17) is 0 Å². The Balaban J connectivity index is 2.57. The van der Waals surface area contributed by atoms with Crippen LogP contribution in [0.5, 0.6) is 0 Å². The van der Waals surface area contributed by atoms with Crippen molar-refractivity contribution in [3.8, 4) is 0 Å². The molecule has 0 radical (unpaired) electrons. The number of hydrogen-bond acceptors (Lipinski definition) is 2. The zero-order chi connectivity index (χ0) is 15.1. The second kappa shape index (κ2) is 7.68. The van der Waals surface area contributed by atoms with Crippen LogP contribution in [0, 0.1) is 13.8 Å². The van der Waals surface area contributed by atoms with Crippen LogP contribution >= 0.6 is 0 Å². The molecule has 1 N–H and O–H groups in total. The van der Waals surface area contributed by atoms with Gasteiger partial charge in [0.2, 0.25) is 11.8 Å². The monoisotopic (exact) mass is 276 g/mol. The molecule has 1 aromatic carbocycles. The van der Waals surface area contributed by atoms with Crippen molar-refractivity contribution in [2.75, 3.05) is 18.9 Å². The maximum absolute atomic E-state index is 11.9. The summed E-state index contributed by atoms with van der Waals surface area (Å²) in [5.41, 5.74) is 2.82. The summed E-state index contributed by atoms with van der Waals surface area (Å²) < 4.78 is 0. The largest absolute Gasteiger partial charge is 0.345 e. The summed E-state index contributed by atoms with van der Waals surface area (Å²) in [6, 6.07) is 5.83. The van der Waals surface area contributed by atoms with Gasteiger partial charge in [0.1, 0.15) is 6.42 Å². The topological polar surface area (TPSA) is 49.4 Å². The highest BCUT2D eigenvalue weighted by Gasteiger charge is 2.15. The van der Waals surface area contributed by atoms with Crippen LogP contribution in [0.4, 0.5) is 5.69 Å². The first-order valence-corrected chi connectivity index (χ1v) is 7.05. The minimum atomic E-state index is -0.254. The predicted octanol–water partition coefficient (Wildman–Crippen LogP) is 2.89. The molecular formula is C16H24N2O2. The van der Waals surface area contributed by atoms with E-state index in [0.717, 1.165) is 29.7 Å². The molecule has 0 aromatic heterocycles. The molecule has 4 heteroatoms. The fourth-order valence-corrected chi connectivity index (χ4v) is 1.99. The van der Waals surface area contributed by atoms with Crippen molar-refractivity contribution in [2.45, 2.75) is 40.0 Å². The van der Waals surface area contributed by atoms with E-state index in [2.05, 4.69) is 12.2 Å². The van der Waals surface area contributed by atoms with Gasteiger partial charge in [0.25, 0.3) is 0 Å². The van der Waals surface area contributed by atoms with Crippen molar-refractivity contribution in [3.63, 3.8) is 0 Å². The summed E-state index contributed by atoms with van der Waals surface area (Å²) in [6.07, 6.45) is 1.89. The van der Waals surface area contributed by atoms with E-state index in [0.29, 0.717) is 6.54 Å². The lowest BCUT2D eigenvalue weighted by molar-refractivity contribution is -0.133. The lowest BCUT2D eigenvalue weighted by Crippen LogP contribution is -2.31. The average Bonchev–Trinajstić information content (AvgIpc) is 2.40. The van der Waals surface area contributed by atoms with Gasteiger partial charge in [0.05, 0.1) is 0 Å². The predicted molar refractivity (Wildman–Crippen MR) is 81.7 cm³/mol. The number of para-hydroxylation sites is 1. The number of nitrogens with zero attached hydrogens (tertiary/aromatic N) is 1. The van der Waals surface area contributed by atoms with Gasteiger partial charge in [-0.15, -0.1) is 0 Å².